The highest BCUT2D eigenvalue weighted by Crippen LogP contribution is 2.37. The third-order valence-corrected chi connectivity index (χ3v) is 2.69. The van der Waals surface area contributed by atoms with E-state index < -0.39 is 11.9 Å². The molecule has 0 saturated carbocycles. The van der Waals surface area contributed by atoms with Crippen molar-refractivity contribution in [3.8, 4) is 0 Å². The average molecular weight is 198 g/mol. The van der Waals surface area contributed by atoms with Crippen LogP contribution < -0.4 is 0 Å². The van der Waals surface area contributed by atoms with Crippen molar-refractivity contribution in [2.24, 2.45) is 0 Å². The maximum atomic E-state index is 12.2. The van der Waals surface area contributed by atoms with E-state index in [0.717, 1.165) is 0 Å². The van der Waals surface area contributed by atoms with Crippen molar-refractivity contribution in [3.05, 3.63) is 10.7 Å². The third-order valence-electron chi connectivity index (χ3n) is 1.43. The first-order valence-corrected chi connectivity index (χ1v) is 4.47. The Kier molecular flexibility index (Phi) is 2.61. The van der Waals surface area contributed by atoms with Crippen LogP contribution in [-0.2, 0) is 4.74 Å². The van der Waals surface area contributed by atoms with Gasteiger partial charge < -0.3 is 4.74 Å². The Morgan fingerprint density at radius 3 is 2.50 bits per heavy atom. The summed E-state index contributed by atoms with van der Waals surface area (Å²) in [5.74, 6) is -0.239. The molecule has 1 unspecified atom stereocenters. The van der Waals surface area contributed by atoms with E-state index in [2.05, 4.69) is 0 Å². The van der Waals surface area contributed by atoms with Crippen molar-refractivity contribution < 1.29 is 17.9 Å². The normalized spacial score (nSPS) is 25.6. The van der Waals surface area contributed by atoms with Gasteiger partial charge in [-0.05, 0) is 13.8 Å². The minimum atomic E-state index is -4.34. The second kappa shape index (κ2) is 3.20. The van der Waals surface area contributed by atoms with Gasteiger partial charge in [-0.15, -0.1) is 11.8 Å². The van der Waals surface area contributed by atoms with Crippen LogP contribution in [-0.4, -0.2) is 18.0 Å². The number of hydrogen-bond donors (Lipinski definition) is 0. The molecule has 0 aromatic heterocycles. The van der Waals surface area contributed by atoms with Gasteiger partial charge in [-0.1, -0.05) is 0 Å². The molecule has 0 bridgehead atoms. The quantitative estimate of drug-likeness (QED) is 0.591. The Labute approximate surface area is 73.0 Å². The van der Waals surface area contributed by atoms with Gasteiger partial charge >= 0.3 is 6.18 Å². The lowest BCUT2D eigenvalue weighted by Gasteiger charge is -2.25. The Bertz CT molecular complexity index is 209. The highest BCUT2D eigenvalue weighted by Gasteiger charge is 2.40. The van der Waals surface area contributed by atoms with Gasteiger partial charge in [0.25, 0.3) is 0 Å². The molecule has 1 nitrogen and oxygen atoms in total. The lowest BCUT2D eigenvalue weighted by atomic mass is 10.4. The molecule has 5 heteroatoms. The second-order valence-corrected chi connectivity index (χ2v) is 3.86. The van der Waals surface area contributed by atoms with Gasteiger partial charge in [-0.25, -0.2) is 0 Å². The summed E-state index contributed by atoms with van der Waals surface area (Å²) in [6.07, 6.45) is -4.69. The number of halogens is 3. The van der Waals surface area contributed by atoms with Crippen LogP contribution in [0, 0.1) is 0 Å². The lowest BCUT2D eigenvalue weighted by molar-refractivity contribution is -0.138. The topological polar surface area (TPSA) is 9.23 Å². The molecule has 0 saturated heterocycles. The van der Waals surface area contributed by atoms with E-state index in [9.17, 15) is 13.2 Å². The lowest BCUT2D eigenvalue weighted by Crippen LogP contribution is -2.25. The SMILES string of the molecule is CC1=C(C(F)(F)F)OC(C)CS1. The molecule has 0 aromatic rings. The highest BCUT2D eigenvalue weighted by atomic mass is 32.2. The summed E-state index contributed by atoms with van der Waals surface area (Å²) in [5.41, 5.74) is 0. The molecule has 0 spiro atoms. The van der Waals surface area contributed by atoms with Crippen LogP contribution in [0.15, 0.2) is 10.7 Å². The number of rotatable bonds is 0. The van der Waals surface area contributed by atoms with E-state index in [4.69, 9.17) is 4.74 Å². The molecule has 0 N–H and O–H groups in total. The molecule has 0 aromatic carbocycles. The Hall–Kier alpha value is -0.320. The molecular formula is C7H9F3OS. The zero-order chi connectivity index (χ0) is 9.35. The maximum Gasteiger partial charge on any atom is 0.449 e. The predicted octanol–water partition coefficient (Wildman–Crippen LogP) is 2.93. The van der Waals surface area contributed by atoms with E-state index in [1.807, 2.05) is 0 Å². The van der Waals surface area contributed by atoms with Crippen LogP contribution in [0.1, 0.15) is 13.8 Å². The molecule has 0 aliphatic carbocycles. The van der Waals surface area contributed by atoms with Gasteiger partial charge in [-0.2, -0.15) is 13.2 Å². The van der Waals surface area contributed by atoms with E-state index in [0.29, 0.717) is 5.75 Å². The first-order chi connectivity index (χ1) is 5.41. The van der Waals surface area contributed by atoms with Crippen molar-refractivity contribution in [3.63, 3.8) is 0 Å². The molecule has 1 atom stereocenters. The molecule has 0 amide bonds. The van der Waals surface area contributed by atoms with Crippen LogP contribution in [0.3, 0.4) is 0 Å². The van der Waals surface area contributed by atoms with Gasteiger partial charge in [0.15, 0.2) is 0 Å². The summed E-state index contributed by atoms with van der Waals surface area (Å²) in [4.78, 5) is 0.223. The van der Waals surface area contributed by atoms with Crippen LogP contribution >= 0.6 is 11.8 Å². The predicted molar refractivity (Wildman–Crippen MR) is 41.8 cm³/mol. The summed E-state index contributed by atoms with van der Waals surface area (Å²) < 4.78 is 41.2. The summed E-state index contributed by atoms with van der Waals surface area (Å²) in [5, 5.41) is 0. The van der Waals surface area contributed by atoms with Crippen molar-refractivity contribution >= 4 is 11.8 Å². The Balaban J connectivity index is 2.85. The summed E-state index contributed by atoms with van der Waals surface area (Å²) in [7, 11) is 0. The van der Waals surface area contributed by atoms with Crippen LogP contribution in [0.2, 0.25) is 0 Å². The van der Waals surface area contributed by atoms with E-state index >= 15 is 0 Å². The smallest absolute Gasteiger partial charge is 0.449 e. The zero-order valence-electron chi connectivity index (χ0n) is 6.73. The monoisotopic (exact) mass is 198 g/mol. The summed E-state index contributed by atoms with van der Waals surface area (Å²) in [6, 6.07) is 0. The van der Waals surface area contributed by atoms with Crippen molar-refractivity contribution in [2.45, 2.75) is 26.1 Å². The van der Waals surface area contributed by atoms with Gasteiger partial charge in [0.1, 0.15) is 6.10 Å². The van der Waals surface area contributed by atoms with Gasteiger partial charge in [0.05, 0.1) is 0 Å². The maximum absolute atomic E-state index is 12.2. The van der Waals surface area contributed by atoms with Gasteiger partial charge in [0, 0.05) is 10.7 Å². The second-order valence-electron chi connectivity index (χ2n) is 2.62. The van der Waals surface area contributed by atoms with Crippen LogP contribution in [0.4, 0.5) is 13.2 Å². The van der Waals surface area contributed by atoms with E-state index in [1.54, 1.807) is 6.92 Å². The number of allylic oxidation sites excluding steroid dienone is 2. The standard InChI is InChI=1S/C7H9F3OS/c1-4-3-12-5(2)6(11-4)7(8,9)10/h4H,3H2,1-2H3. The Morgan fingerprint density at radius 1 is 1.50 bits per heavy atom. The molecular weight excluding hydrogens is 189 g/mol. The number of thioether (sulfide) groups is 1. The van der Waals surface area contributed by atoms with E-state index in [1.165, 1.54) is 18.7 Å². The van der Waals surface area contributed by atoms with Gasteiger partial charge in [0.2, 0.25) is 5.76 Å². The van der Waals surface area contributed by atoms with Crippen molar-refractivity contribution in [1.29, 1.82) is 0 Å². The minimum absolute atomic E-state index is 0.223. The summed E-state index contributed by atoms with van der Waals surface area (Å²) >= 11 is 1.20. The highest BCUT2D eigenvalue weighted by molar-refractivity contribution is 8.03. The fraction of sp³-hybridized carbons (Fsp3) is 0.714. The fourth-order valence-electron chi connectivity index (χ4n) is 0.893. The zero-order valence-corrected chi connectivity index (χ0v) is 7.55. The first kappa shape index (κ1) is 9.77. The fourth-order valence-corrected chi connectivity index (χ4v) is 1.74. The molecule has 0 fully saturated rings. The van der Waals surface area contributed by atoms with Crippen molar-refractivity contribution in [1.82, 2.24) is 0 Å². The molecule has 0 radical (unpaired) electrons. The average Bonchev–Trinajstić information content (AvgIpc) is 1.92. The molecule has 12 heavy (non-hydrogen) atoms. The molecule has 70 valence electrons. The number of alkyl halides is 3. The van der Waals surface area contributed by atoms with Crippen LogP contribution in [0.5, 0.6) is 0 Å². The van der Waals surface area contributed by atoms with E-state index in [-0.39, 0.29) is 11.0 Å². The first-order valence-electron chi connectivity index (χ1n) is 3.49. The minimum Gasteiger partial charge on any atom is -0.484 e. The molecule has 1 aliphatic rings. The summed E-state index contributed by atoms with van der Waals surface area (Å²) in [6.45, 7) is 3.06. The molecule has 1 rings (SSSR count). The van der Waals surface area contributed by atoms with Crippen LogP contribution in [0.25, 0.3) is 0 Å². The largest absolute Gasteiger partial charge is 0.484 e. The number of ether oxygens (including phenoxy) is 1. The van der Waals surface area contributed by atoms with Gasteiger partial charge in [-0.3, -0.25) is 0 Å². The molecule has 1 aliphatic heterocycles. The Morgan fingerprint density at radius 2 is 2.08 bits per heavy atom. The number of hydrogen-bond acceptors (Lipinski definition) is 2. The van der Waals surface area contributed by atoms with Crippen molar-refractivity contribution in [2.75, 3.05) is 5.75 Å². The third kappa shape index (κ3) is 2.09. The molecule has 1 heterocycles.